The maximum absolute atomic E-state index is 12.5. The molecule has 0 atom stereocenters. The molecule has 3 N–H and O–H groups in total. The van der Waals surface area contributed by atoms with Gasteiger partial charge in [-0.3, -0.25) is 9.59 Å². The number of carbonyl (C=O) groups is 4. The summed E-state index contributed by atoms with van der Waals surface area (Å²) in [6, 6.07) is 9.91. The molecule has 152 valence electrons. The predicted molar refractivity (Wildman–Crippen MR) is 107 cm³/mol. The lowest BCUT2D eigenvalue weighted by Crippen LogP contribution is -2.16. The Labute approximate surface area is 167 Å². The van der Waals surface area contributed by atoms with Crippen LogP contribution >= 0.6 is 0 Å². The molecule has 0 radical (unpaired) electrons. The van der Waals surface area contributed by atoms with Gasteiger partial charge >= 0.3 is 11.9 Å². The standard InChI is InChI=1S/C21H22N2O6/c1-4-18(24)22-15-9-10-16(20(26)27)17(11-15)23-19(25)13-5-7-14(8-6-13)21(28)29-12(2)3/h5-12H,4H2,1-3H3,(H,22,24)(H,23,25)(H,26,27). The lowest BCUT2D eigenvalue weighted by molar-refractivity contribution is -0.115. The molecule has 0 fully saturated rings. The number of esters is 1. The third-order valence-electron chi connectivity index (χ3n) is 3.83. The second-order valence-electron chi connectivity index (χ2n) is 6.45. The zero-order valence-electron chi connectivity index (χ0n) is 16.3. The Kier molecular flexibility index (Phi) is 7.08. The van der Waals surface area contributed by atoms with Crippen LogP contribution in [0.2, 0.25) is 0 Å². The van der Waals surface area contributed by atoms with Gasteiger partial charge in [0.15, 0.2) is 0 Å². The van der Waals surface area contributed by atoms with Crippen molar-refractivity contribution in [2.75, 3.05) is 10.6 Å². The van der Waals surface area contributed by atoms with E-state index >= 15 is 0 Å². The molecule has 29 heavy (non-hydrogen) atoms. The Morgan fingerprint density at radius 1 is 0.966 bits per heavy atom. The number of anilines is 2. The maximum Gasteiger partial charge on any atom is 0.338 e. The highest BCUT2D eigenvalue weighted by molar-refractivity contribution is 6.08. The molecule has 2 aromatic carbocycles. The van der Waals surface area contributed by atoms with E-state index in [1.54, 1.807) is 20.8 Å². The molecule has 2 amide bonds. The number of hydrogen-bond acceptors (Lipinski definition) is 5. The topological polar surface area (TPSA) is 122 Å². The second kappa shape index (κ2) is 9.50. The van der Waals surface area contributed by atoms with Crippen molar-refractivity contribution in [1.29, 1.82) is 0 Å². The summed E-state index contributed by atoms with van der Waals surface area (Å²) in [6.45, 7) is 5.15. The first kappa shape index (κ1) is 21.6. The van der Waals surface area contributed by atoms with Crippen molar-refractivity contribution in [3.8, 4) is 0 Å². The van der Waals surface area contributed by atoms with Gasteiger partial charge in [-0.05, 0) is 56.3 Å². The summed E-state index contributed by atoms with van der Waals surface area (Å²) in [6.07, 6.45) is -0.00562. The fourth-order valence-corrected chi connectivity index (χ4v) is 2.40. The average Bonchev–Trinajstić information content (AvgIpc) is 2.67. The first-order valence-electron chi connectivity index (χ1n) is 9.00. The van der Waals surface area contributed by atoms with Crippen LogP contribution in [0.25, 0.3) is 0 Å². The minimum Gasteiger partial charge on any atom is -0.478 e. The maximum atomic E-state index is 12.5. The van der Waals surface area contributed by atoms with Crippen molar-refractivity contribution in [2.24, 2.45) is 0 Å². The Hall–Kier alpha value is -3.68. The van der Waals surface area contributed by atoms with Crippen molar-refractivity contribution in [2.45, 2.75) is 33.3 Å². The van der Waals surface area contributed by atoms with E-state index in [1.807, 2.05) is 0 Å². The molecule has 0 unspecified atom stereocenters. The van der Waals surface area contributed by atoms with Crippen molar-refractivity contribution < 1.29 is 29.0 Å². The molecule has 0 saturated heterocycles. The zero-order valence-corrected chi connectivity index (χ0v) is 16.3. The fourth-order valence-electron chi connectivity index (χ4n) is 2.40. The van der Waals surface area contributed by atoms with E-state index in [0.717, 1.165) is 0 Å². The molecule has 8 heteroatoms. The smallest absolute Gasteiger partial charge is 0.338 e. The van der Waals surface area contributed by atoms with Gasteiger partial charge in [0.25, 0.3) is 5.91 Å². The molecule has 0 heterocycles. The van der Waals surface area contributed by atoms with Gasteiger partial charge in [0.05, 0.1) is 22.9 Å². The number of carbonyl (C=O) groups excluding carboxylic acids is 3. The van der Waals surface area contributed by atoms with E-state index in [9.17, 15) is 24.3 Å². The van der Waals surface area contributed by atoms with Crippen LogP contribution in [0, 0.1) is 0 Å². The number of benzene rings is 2. The normalized spacial score (nSPS) is 10.3. The van der Waals surface area contributed by atoms with Crippen LogP contribution in [-0.4, -0.2) is 35.0 Å². The fraction of sp³-hybridized carbons (Fsp3) is 0.238. The summed E-state index contributed by atoms with van der Waals surface area (Å²) in [5, 5.41) is 14.5. The van der Waals surface area contributed by atoms with Crippen molar-refractivity contribution in [3.63, 3.8) is 0 Å². The van der Waals surface area contributed by atoms with E-state index in [0.29, 0.717) is 11.3 Å². The number of carboxylic acids is 1. The van der Waals surface area contributed by atoms with Gasteiger partial charge in [0, 0.05) is 17.7 Å². The molecule has 2 rings (SSSR count). The predicted octanol–water partition coefficient (Wildman–Crippen LogP) is 3.55. The summed E-state index contributed by atoms with van der Waals surface area (Å²) >= 11 is 0. The van der Waals surface area contributed by atoms with Gasteiger partial charge in [0.1, 0.15) is 0 Å². The van der Waals surface area contributed by atoms with Crippen LogP contribution in [0.3, 0.4) is 0 Å². The third kappa shape index (κ3) is 5.90. The summed E-state index contributed by atoms with van der Waals surface area (Å²) in [5.74, 6) is -2.52. The van der Waals surface area contributed by atoms with E-state index in [1.165, 1.54) is 42.5 Å². The first-order valence-corrected chi connectivity index (χ1v) is 9.00. The van der Waals surface area contributed by atoms with Gasteiger partial charge < -0.3 is 20.5 Å². The minimum absolute atomic E-state index is 0.0414. The average molecular weight is 398 g/mol. The highest BCUT2D eigenvalue weighted by Gasteiger charge is 2.16. The van der Waals surface area contributed by atoms with Crippen LogP contribution in [0.1, 0.15) is 58.3 Å². The molecule has 0 aliphatic carbocycles. The number of amides is 2. The quantitative estimate of drug-likeness (QED) is 0.613. The molecule has 0 bridgehead atoms. The van der Waals surface area contributed by atoms with E-state index in [4.69, 9.17) is 4.74 Å². The zero-order chi connectivity index (χ0) is 21.6. The number of aromatic carboxylic acids is 1. The Morgan fingerprint density at radius 3 is 2.14 bits per heavy atom. The van der Waals surface area contributed by atoms with E-state index in [-0.39, 0.29) is 35.2 Å². The molecular weight excluding hydrogens is 376 g/mol. The number of hydrogen-bond donors (Lipinski definition) is 3. The number of carboxylic acid groups (broad SMARTS) is 1. The van der Waals surface area contributed by atoms with Gasteiger partial charge in [0.2, 0.25) is 5.91 Å². The van der Waals surface area contributed by atoms with E-state index < -0.39 is 17.8 Å². The van der Waals surface area contributed by atoms with Gasteiger partial charge in [-0.25, -0.2) is 9.59 Å². The Balaban J connectivity index is 2.22. The largest absolute Gasteiger partial charge is 0.478 e. The second-order valence-corrected chi connectivity index (χ2v) is 6.45. The molecule has 0 saturated carbocycles. The van der Waals surface area contributed by atoms with Crippen LogP contribution < -0.4 is 10.6 Å². The lowest BCUT2D eigenvalue weighted by Gasteiger charge is -2.12. The molecule has 0 aliphatic rings. The van der Waals surface area contributed by atoms with E-state index in [2.05, 4.69) is 10.6 Å². The first-order chi connectivity index (χ1) is 13.7. The molecule has 2 aromatic rings. The lowest BCUT2D eigenvalue weighted by atomic mass is 10.1. The summed E-state index contributed by atoms with van der Waals surface area (Å²) in [5.41, 5.74) is 0.810. The summed E-state index contributed by atoms with van der Waals surface area (Å²) in [7, 11) is 0. The highest BCUT2D eigenvalue weighted by Crippen LogP contribution is 2.22. The monoisotopic (exact) mass is 398 g/mol. The summed E-state index contributed by atoms with van der Waals surface area (Å²) < 4.78 is 5.09. The number of nitrogens with one attached hydrogen (secondary N) is 2. The summed E-state index contributed by atoms with van der Waals surface area (Å²) in [4.78, 5) is 47.4. The highest BCUT2D eigenvalue weighted by atomic mass is 16.5. The molecule has 8 nitrogen and oxygen atoms in total. The van der Waals surface area contributed by atoms with Crippen LogP contribution in [0.4, 0.5) is 11.4 Å². The van der Waals surface area contributed by atoms with Crippen molar-refractivity contribution in [3.05, 3.63) is 59.2 Å². The Bertz CT molecular complexity index is 935. The Morgan fingerprint density at radius 2 is 1.59 bits per heavy atom. The van der Waals surface area contributed by atoms with Crippen molar-refractivity contribution >= 4 is 35.1 Å². The third-order valence-corrected chi connectivity index (χ3v) is 3.83. The van der Waals surface area contributed by atoms with Gasteiger partial charge in [-0.1, -0.05) is 6.92 Å². The van der Waals surface area contributed by atoms with Crippen LogP contribution in [0.15, 0.2) is 42.5 Å². The van der Waals surface area contributed by atoms with Crippen molar-refractivity contribution in [1.82, 2.24) is 0 Å². The minimum atomic E-state index is -1.22. The molecule has 0 spiro atoms. The van der Waals surface area contributed by atoms with Gasteiger partial charge in [-0.15, -0.1) is 0 Å². The molecule has 0 aliphatic heterocycles. The number of ether oxygens (including phenoxy) is 1. The van der Waals surface area contributed by atoms with Gasteiger partial charge in [-0.2, -0.15) is 0 Å². The SMILES string of the molecule is CCC(=O)Nc1ccc(C(=O)O)c(NC(=O)c2ccc(C(=O)OC(C)C)cc2)c1. The molecular formula is C21H22N2O6. The van der Waals surface area contributed by atoms with Crippen LogP contribution in [-0.2, 0) is 9.53 Å². The van der Waals surface area contributed by atoms with Crippen LogP contribution in [0.5, 0.6) is 0 Å². The number of rotatable bonds is 7. The molecule has 0 aromatic heterocycles.